The highest BCUT2D eigenvalue weighted by atomic mass is 79.9. The van der Waals surface area contributed by atoms with Crippen LogP contribution in [0.3, 0.4) is 0 Å². The lowest BCUT2D eigenvalue weighted by molar-refractivity contribution is 0.101. The van der Waals surface area contributed by atoms with Gasteiger partial charge in [-0.2, -0.15) is 0 Å². The molecule has 148 valence electrons. The van der Waals surface area contributed by atoms with Crippen molar-refractivity contribution >= 4 is 33.3 Å². The summed E-state index contributed by atoms with van der Waals surface area (Å²) >= 11 is 3.45. The van der Waals surface area contributed by atoms with E-state index in [1.54, 1.807) is 48.7 Å². The Balaban J connectivity index is 1.64. The smallest absolute Gasteiger partial charge is 0.256 e. The molecule has 0 atom stereocenters. The second kappa shape index (κ2) is 8.47. The van der Waals surface area contributed by atoms with Crippen molar-refractivity contribution in [3.63, 3.8) is 0 Å². The Bertz CT molecular complexity index is 1250. The Kier molecular flexibility index (Phi) is 5.59. The fraction of sp³-hybridized carbons (Fsp3) is 0.0417. The number of ketones is 1. The second-order valence-corrected chi connectivity index (χ2v) is 7.59. The monoisotopic (exact) mass is 460 g/mol. The molecule has 1 N–H and O–H groups in total. The summed E-state index contributed by atoms with van der Waals surface area (Å²) in [6.07, 6.45) is 1.64. The molecular formula is C24H17BrN2O3. The highest BCUT2D eigenvalue weighted by molar-refractivity contribution is 9.10. The molecule has 0 aliphatic heterocycles. The number of hydrogen-bond acceptors (Lipinski definition) is 4. The van der Waals surface area contributed by atoms with Gasteiger partial charge in [-0.1, -0.05) is 52.3 Å². The van der Waals surface area contributed by atoms with Crippen LogP contribution in [0.2, 0.25) is 0 Å². The van der Waals surface area contributed by atoms with Crippen molar-refractivity contribution in [1.82, 2.24) is 4.98 Å². The molecule has 0 spiro atoms. The number of hydrogen-bond donors (Lipinski definition) is 1. The van der Waals surface area contributed by atoms with Crippen molar-refractivity contribution in [1.29, 1.82) is 0 Å². The Labute approximate surface area is 181 Å². The van der Waals surface area contributed by atoms with E-state index < -0.39 is 0 Å². The van der Waals surface area contributed by atoms with Crippen molar-refractivity contribution in [3.8, 4) is 22.8 Å². The molecule has 1 amide bonds. The number of nitrogens with zero attached hydrogens (tertiary/aromatic N) is 1. The number of aromatic nitrogens is 1. The highest BCUT2D eigenvalue weighted by Crippen LogP contribution is 2.30. The molecule has 0 saturated heterocycles. The molecule has 0 aliphatic rings. The molecule has 5 nitrogen and oxygen atoms in total. The standard InChI is InChI=1S/C24H17BrN2O3/c1-15(28)16-6-5-9-19(13-16)27-23(29)20-10-2-3-11-21(20)24-26-14-22(30-24)17-7-4-8-18(25)12-17/h2-14H,1H3,(H,27,29). The predicted molar refractivity (Wildman–Crippen MR) is 119 cm³/mol. The number of nitrogens with one attached hydrogen (secondary N) is 1. The number of amides is 1. The van der Waals surface area contributed by atoms with Crippen molar-refractivity contribution in [2.24, 2.45) is 0 Å². The van der Waals surface area contributed by atoms with E-state index in [1.807, 2.05) is 30.3 Å². The Morgan fingerprint density at radius 1 is 0.967 bits per heavy atom. The third-order valence-corrected chi connectivity index (χ3v) is 5.04. The van der Waals surface area contributed by atoms with E-state index in [-0.39, 0.29) is 11.7 Å². The lowest BCUT2D eigenvalue weighted by Gasteiger charge is -2.09. The van der Waals surface area contributed by atoms with Gasteiger partial charge < -0.3 is 9.73 Å². The van der Waals surface area contributed by atoms with Crippen molar-refractivity contribution in [2.75, 3.05) is 5.32 Å². The van der Waals surface area contributed by atoms with Gasteiger partial charge in [-0.05, 0) is 43.3 Å². The van der Waals surface area contributed by atoms with Crippen LogP contribution in [0.1, 0.15) is 27.6 Å². The van der Waals surface area contributed by atoms with Crippen LogP contribution in [0.4, 0.5) is 5.69 Å². The van der Waals surface area contributed by atoms with Crippen molar-refractivity contribution in [3.05, 3.63) is 94.6 Å². The van der Waals surface area contributed by atoms with Crippen LogP contribution in [0.5, 0.6) is 0 Å². The quantitative estimate of drug-likeness (QED) is 0.358. The number of Topliss-reactive ketones (excluding diaryl/α,β-unsaturated/α-hetero) is 1. The number of rotatable bonds is 5. The van der Waals surface area contributed by atoms with Crippen LogP contribution >= 0.6 is 15.9 Å². The number of carbonyl (C=O) groups excluding carboxylic acids is 2. The molecule has 1 aromatic heterocycles. The number of carbonyl (C=O) groups is 2. The Hall–Kier alpha value is -3.51. The fourth-order valence-corrected chi connectivity index (χ4v) is 3.46. The van der Waals surface area contributed by atoms with Gasteiger partial charge in [-0.3, -0.25) is 9.59 Å². The van der Waals surface area contributed by atoms with E-state index >= 15 is 0 Å². The van der Waals surface area contributed by atoms with Crippen molar-refractivity contribution in [2.45, 2.75) is 6.92 Å². The van der Waals surface area contributed by atoms with Gasteiger partial charge in [0.2, 0.25) is 5.89 Å². The summed E-state index contributed by atoms with van der Waals surface area (Å²) in [6, 6.07) is 21.6. The maximum atomic E-state index is 12.9. The molecule has 1 heterocycles. The highest BCUT2D eigenvalue weighted by Gasteiger charge is 2.17. The summed E-state index contributed by atoms with van der Waals surface area (Å²) in [7, 11) is 0. The average Bonchev–Trinajstić information content (AvgIpc) is 3.24. The maximum Gasteiger partial charge on any atom is 0.256 e. The first-order chi connectivity index (χ1) is 14.5. The zero-order chi connectivity index (χ0) is 21.1. The molecule has 0 unspecified atom stereocenters. The van der Waals surface area contributed by atoms with E-state index in [0.717, 1.165) is 10.0 Å². The molecule has 4 rings (SSSR count). The van der Waals surface area contributed by atoms with Crippen molar-refractivity contribution < 1.29 is 14.0 Å². The summed E-state index contributed by atoms with van der Waals surface area (Å²) in [4.78, 5) is 28.9. The lowest BCUT2D eigenvalue weighted by Crippen LogP contribution is -2.13. The molecule has 0 saturated carbocycles. The van der Waals surface area contributed by atoms with Crippen LogP contribution < -0.4 is 5.32 Å². The van der Waals surface area contributed by atoms with E-state index in [1.165, 1.54) is 6.92 Å². The van der Waals surface area contributed by atoms with Crippen LogP contribution in [0.25, 0.3) is 22.8 Å². The fourth-order valence-electron chi connectivity index (χ4n) is 3.06. The van der Waals surface area contributed by atoms with Crippen LogP contribution in [0, 0.1) is 0 Å². The first-order valence-corrected chi connectivity index (χ1v) is 10.0. The van der Waals surface area contributed by atoms with Gasteiger partial charge in [0.25, 0.3) is 5.91 Å². The number of anilines is 1. The summed E-state index contributed by atoms with van der Waals surface area (Å²) in [6.45, 7) is 1.49. The zero-order valence-corrected chi connectivity index (χ0v) is 17.6. The first-order valence-electron chi connectivity index (χ1n) is 9.25. The van der Waals surface area contributed by atoms with Gasteiger partial charge >= 0.3 is 0 Å². The van der Waals surface area contributed by atoms with E-state index in [4.69, 9.17) is 4.42 Å². The predicted octanol–water partition coefficient (Wildman–Crippen LogP) is 6.23. The van der Waals surface area contributed by atoms with Gasteiger partial charge in [0.1, 0.15) is 0 Å². The summed E-state index contributed by atoms with van der Waals surface area (Å²) in [5.74, 6) is 0.587. The largest absolute Gasteiger partial charge is 0.436 e. The zero-order valence-electron chi connectivity index (χ0n) is 16.1. The molecule has 0 bridgehead atoms. The average molecular weight is 461 g/mol. The summed E-state index contributed by atoms with van der Waals surface area (Å²) in [5, 5.41) is 2.84. The molecule has 6 heteroatoms. The third kappa shape index (κ3) is 4.23. The van der Waals surface area contributed by atoms with Gasteiger partial charge in [0.05, 0.1) is 11.8 Å². The van der Waals surface area contributed by atoms with Gasteiger partial charge in [0.15, 0.2) is 11.5 Å². The number of oxazole rings is 1. The minimum absolute atomic E-state index is 0.0636. The van der Waals surface area contributed by atoms with Crippen LogP contribution in [-0.4, -0.2) is 16.7 Å². The summed E-state index contributed by atoms with van der Waals surface area (Å²) in [5.41, 5.74) is 2.97. The normalized spacial score (nSPS) is 10.6. The minimum atomic E-state index is -0.312. The Morgan fingerprint density at radius 2 is 1.77 bits per heavy atom. The number of halogens is 1. The lowest BCUT2D eigenvalue weighted by atomic mass is 10.1. The van der Waals surface area contributed by atoms with Crippen LogP contribution in [0.15, 0.2) is 87.9 Å². The van der Waals surface area contributed by atoms with E-state index in [0.29, 0.717) is 34.0 Å². The molecule has 0 fully saturated rings. The maximum absolute atomic E-state index is 12.9. The van der Waals surface area contributed by atoms with Gasteiger partial charge in [0, 0.05) is 26.9 Å². The molecule has 4 aromatic rings. The number of benzene rings is 3. The molecule has 30 heavy (non-hydrogen) atoms. The Morgan fingerprint density at radius 3 is 2.57 bits per heavy atom. The molecule has 3 aromatic carbocycles. The molecule has 0 radical (unpaired) electrons. The van der Waals surface area contributed by atoms with Gasteiger partial charge in [-0.25, -0.2) is 4.98 Å². The van der Waals surface area contributed by atoms with E-state index in [9.17, 15) is 9.59 Å². The van der Waals surface area contributed by atoms with E-state index in [2.05, 4.69) is 26.2 Å². The third-order valence-electron chi connectivity index (χ3n) is 4.54. The minimum Gasteiger partial charge on any atom is -0.436 e. The molecular weight excluding hydrogens is 444 g/mol. The molecule has 0 aliphatic carbocycles. The second-order valence-electron chi connectivity index (χ2n) is 6.68. The van der Waals surface area contributed by atoms with Crippen LogP contribution in [-0.2, 0) is 0 Å². The SMILES string of the molecule is CC(=O)c1cccc(NC(=O)c2ccccc2-c2ncc(-c3cccc(Br)c3)o2)c1. The van der Waals surface area contributed by atoms with Gasteiger partial charge in [-0.15, -0.1) is 0 Å². The first kappa shape index (κ1) is 19.8. The summed E-state index contributed by atoms with van der Waals surface area (Å²) < 4.78 is 6.88. The topological polar surface area (TPSA) is 72.2 Å².